The van der Waals surface area contributed by atoms with E-state index in [0.717, 1.165) is 32.1 Å². The fourth-order valence-electron chi connectivity index (χ4n) is 5.49. The zero-order valence-electron chi connectivity index (χ0n) is 24.2. The lowest BCUT2D eigenvalue weighted by Gasteiger charge is -2.36. The Labute approximate surface area is 232 Å². The first-order valence-corrected chi connectivity index (χ1v) is 15.0. The maximum atomic E-state index is 12.8. The highest BCUT2D eigenvalue weighted by atomic mass is 16.5. The van der Waals surface area contributed by atoms with E-state index in [2.05, 4.69) is 74.6 Å². The minimum absolute atomic E-state index is 0.223. The van der Waals surface area contributed by atoms with E-state index in [4.69, 9.17) is 4.74 Å². The van der Waals surface area contributed by atoms with E-state index in [9.17, 15) is 9.59 Å². The van der Waals surface area contributed by atoms with Crippen LogP contribution in [0.2, 0.25) is 0 Å². The fourth-order valence-corrected chi connectivity index (χ4v) is 5.49. The number of unbranched alkanes of at least 4 members (excludes halogenated alkanes) is 9. The summed E-state index contributed by atoms with van der Waals surface area (Å²) >= 11 is 0. The molecule has 2 aromatic carbocycles. The minimum Gasteiger partial charge on any atom is -0.465 e. The highest BCUT2D eigenvalue weighted by Gasteiger charge is 2.33. The van der Waals surface area contributed by atoms with Gasteiger partial charge in [0.2, 0.25) is 5.91 Å². The molecule has 1 unspecified atom stereocenters. The SMILES string of the molecule is CCCCCCCCCCCCOC(=O)CC(=O)NCC(CCC)(Cc1ccccc1)c1ccccc1C. The minimum atomic E-state index is -0.432. The number of hydrogen-bond donors (Lipinski definition) is 1. The molecule has 4 heteroatoms. The molecule has 0 fully saturated rings. The van der Waals surface area contributed by atoms with Crippen molar-refractivity contribution in [3.8, 4) is 0 Å². The summed E-state index contributed by atoms with van der Waals surface area (Å²) in [5.41, 5.74) is 3.49. The Bertz CT molecular complexity index is 926. The van der Waals surface area contributed by atoms with Gasteiger partial charge >= 0.3 is 5.97 Å². The Morgan fingerprint density at radius 1 is 0.763 bits per heavy atom. The molecule has 1 N–H and O–H groups in total. The van der Waals surface area contributed by atoms with Gasteiger partial charge in [0.15, 0.2) is 0 Å². The molecule has 0 aliphatic heterocycles. The molecule has 2 aromatic rings. The Kier molecular flexibility index (Phi) is 15.5. The summed E-state index contributed by atoms with van der Waals surface area (Å²) in [5, 5.41) is 3.09. The van der Waals surface area contributed by atoms with Crippen LogP contribution in [0.25, 0.3) is 0 Å². The van der Waals surface area contributed by atoms with Gasteiger partial charge in [-0.3, -0.25) is 9.59 Å². The van der Waals surface area contributed by atoms with Gasteiger partial charge in [0, 0.05) is 12.0 Å². The molecule has 1 amide bonds. The first-order valence-electron chi connectivity index (χ1n) is 15.0. The Balaban J connectivity index is 1.80. The van der Waals surface area contributed by atoms with Crippen LogP contribution in [0.1, 0.15) is 114 Å². The number of rotatable bonds is 20. The van der Waals surface area contributed by atoms with Gasteiger partial charge in [-0.1, -0.05) is 133 Å². The number of carbonyl (C=O) groups is 2. The van der Waals surface area contributed by atoms with Crippen LogP contribution in [0.3, 0.4) is 0 Å². The van der Waals surface area contributed by atoms with Crippen LogP contribution < -0.4 is 5.32 Å². The van der Waals surface area contributed by atoms with Gasteiger partial charge in [-0.25, -0.2) is 0 Å². The normalized spacial score (nSPS) is 12.6. The van der Waals surface area contributed by atoms with E-state index in [1.807, 2.05) is 6.07 Å². The van der Waals surface area contributed by atoms with E-state index in [1.54, 1.807) is 0 Å². The lowest BCUT2D eigenvalue weighted by Crippen LogP contribution is -2.43. The van der Waals surface area contributed by atoms with Crippen LogP contribution in [0.4, 0.5) is 0 Å². The van der Waals surface area contributed by atoms with Crippen LogP contribution in [-0.4, -0.2) is 25.0 Å². The van der Waals surface area contributed by atoms with E-state index in [1.165, 1.54) is 68.1 Å². The molecule has 0 aliphatic rings. The average molecular weight is 522 g/mol. The van der Waals surface area contributed by atoms with Gasteiger partial charge in [0.05, 0.1) is 6.61 Å². The number of amides is 1. The van der Waals surface area contributed by atoms with Crippen LogP contribution >= 0.6 is 0 Å². The molecule has 210 valence electrons. The van der Waals surface area contributed by atoms with Gasteiger partial charge in [-0.05, 0) is 42.9 Å². The maximum Gasteiger partial charge on any atom is 0.315 e. The van der Waals surface area contributed by atoms with Crippen molar-refractivity contribution < 1.29 is 14.3 Å². The van der Waals surface area contributed by atoms with Crippen molar-refractivity contribution in [3.05, 3.63) is 71.3 Å². The van der Waals surface area contributed by atoms with E-state index >= 15 is 0 Å². The summed E-state index contributed by atoms with van der Waals surface area (Å²) in [7, 11) is 0. The average Bonchev–Trinajstić information content (AvgIpc) is 2.91. The zero-order chi connectivity index (χ0) is 27.5. The molecule has 0 saturated heterocycles. The van der Waals surface area contributed by atoms with E-state index < -0.39 is 5.97 Å². The molecule has 0 spiro atoms. The third-order valence-corrected chi connectivity index (χ3v) is 7.52. The number of nitrogens with one attached hydrogen (secondary N) is 1. The smallest absolute Gasteiger partial charge is 0.315 e. The van der Waals surface area contributed by atoms with Crippen molar-refractivity contribution in [2.75, 3.05) is 13.2 Å². The number of carbonyl (C=O) groups excluding carboxylic acids is 2. The fraction of sp³-hybridized carbons (Fsp3) is 0.588. The quantitative estimate of drug-likeness (QED) is 0.108. The van der Waals surface area contributed by atoms with Crippen LogP contribution in [0, 0.1) is 6.92 Å². The molecule has 0 bridgehead atoms. The lowest BCUT2D eigenvalue weighted by atomic mass is 9.70. The molecular formula is C34H51NO3. The van der Waals surface area contributed by atoms with Crippen LogP contribution in [0.5, 0.6) is 0 Å². The third kappa shape index (κ3) is 11.8. The van der Waals surface area contributed by atoms with Gasteiger partial charge in [0.25, 0.3) is 0 Å². The molecule has 0 heterocycles. The van der Waals surface area contributed by atoms with Crippen molar-refractivity contribution in [1.29, 1.82) is 0 Å². The predicted octanol–water partition coefficient (Wildman–Crippen LogP) is 8.25. The lowest BCUT2D eigenvalue weighted by molar-refractivity contribution is -0.146. The Morgan fingerprint density at radius 3 is 2.00 bits per heavy atom. The zero-order valence-corrected chi connectivity index (χ0v) is 24.2. The van der Waals surface area contributed by atoms with Crippen molar-refractivity contribution in [2.45, 2.75) is 116 Å². The summed E-state index contributed by atoms with van der Waals surface area (Å²) in [6, 6.07) is 18.9. The first-order chi connectivity index (χ1) is 18.5. The molecule has 0 radical (unpaired) electrons. The number of esters is 1. The molecule has 2 rings (SSSR count). The molecule has 1 atom stereocenters. The van der Waals surface area contributed by atoms with Gasteiger partial charge < -0.3 is 10.1 Å². The highest BCUT2D eigenvalue weighted by molar-refractivity contribution is 5.94. The Morgan fingerprint density at radius 2 is 1.37 bits per heavy atom. The first kappa shape index (κ1) is 31.6. The van der Waals surface area contributed by atoms with Gasteiger partial charge in [0.1, 0.15) is 6.42 Å². The van der Waals surface area contributed by atoms with Crippen molar-refractivity contribution in [1.82, 2.24) is 5.32 Å². The summed E-state index contributed by atoms with van der Waals surface area (Å²) in [5.74, 6) is -0.696. The van der Waals surface area contributed by atoms with Crippen LogP contribution in [0.15, 0.2) is 54.6 Å². The van der Waals surface area contributed by atoms with E-state index in [0.29, 0.717) is 13.2 Å². The van der Waals surface area contributed by atoms with Crippen molar-refractivity contribution >= 4 is 11.9 Å². The summed E-state index contributed by atoms with van der Waals surface area (Å²) < 4.78 is 5.36. The van der Waals surface area contributed by atoms with Gasteiger partial charge in [-0.2, -0.15) is 0 Å². The molecule has 4 nitrogen and oxygen atoms in total. The highest BCUT2D eigenvalue weighted by Crippen LogP contribution is 2.35. The molecule has 38 heavy (non-hydrogen) atoms. The van der Waals surface area contributed by atoms with Crippen molar-refractivity contribution in [3.63, 3.8) is 0 Å². The van der Waals surface area contributed by atoms with Crippen molar-refractivity contribution in [2.24, 2.45) is 0 Å². The second-order valence-electron chi connectivity index (χ2n) is 10.9. The largest absolute Gasteiger partial charge is 0.465 e. The second-order valence-corrected chi connectivity index (χ2v) is 10.9. The van der Waals surface area contributed by atoms with Crippen LogP contribution in [-0.2, 0) is 26.2 Å². The monoisotopic (exact) mass is 521 g/mol. The standard InChI is InChI=1S/C34H51NO3/c1-4-6-7-8-9-10-11-12-13-19-25-38-33(37)26-32(36)35-28-34(24-5-2,27-30-21-15-14-16-22-30)31-23-18-17-20-29(31)3/h14-18,20-23H,4-13,19,24-28H2,1-3H3,(H,35,36). The number of ether oxygens (including phenoxy) is 1. The number of aryl methyl sites for hydroxylation is 1. The third-order valence-electron chi connectivity index (χ3n) is 7.52. The van der Waals surface area contributed by atoms with E-state index in [-0.39, 0.29) is 17.7 Å². The molecule has 0 saturated carbocycles. The number of benzene rings is 2. The Hall–Kier alpha value is -2.62. The summed E-state index contributed by atoms with van der Waals surface area (Å²) in [6.45, 7) is 7.46. The topological polar surface area (TPSA) is 55.4 Å². The molecule has 0 aromatic heterocycles. The predicted molar refractivity (Wildman–Crippen MR) is 158 cm³/mol. The number of hydrogen-bond acceptors (Lipinski definition) is 3. The molecule has 0 aliphatic carbocycles. The van der Waals surface area contributed by atoms with Gasteiger partial charge in [-0.15, -0.1) is 0 Å². The molecular weight excluding hydrogens is 470 g/mol. The second kappa shape index (κ2) is 18.6. The summed E-state index contributed by atoms with van der Waals surface area (Å²) in [4.78, 5) is 25.1. The summed E-state index contributed by atoms with van der Waals surface area (Å²) in [6.07, 6.45) is 14.9. The maximum absolute atomic E-state index is 12.8.